The first-order chi connectivity index (χ1) is 13.8. The van der Waals surface area contributed by atoms with Gasteiger partial charge in [0.05, 0.1) is 0 Å². The Bertz CT molecular complexity index is 562. The summed E-state index contributed by atoms with van der Waals surface area (Å²) in [5.41, 5.74) is 2.06. The molecule has 0 saturated carbocycles. The summed E-state index contributed by atoms with van der Waals surface area (Å²) in [5.74, 6) is 2.26. The minimum Gasteiger partial charge on any atom is -0.412 e. The number of hydrogen-bond acceptors (Lipinski definition) is 3. The Morgan fingerprint density at radius 1 is 1.06 bits per heavy atom. The SMILES string of the molecule is C.CCN1CC[C@@H](CN[C@@H](CN2CCC(C3=CCC(Cl)CC3)C(C)(C)C2)C(C)C)C1.O.O.O.O. The van der Waals surface area contributed by atoms with E-state index in [1.165, 1.54) is 71.5 Å². The molecule has 2 saturated heterocycles. The summed E-state index contributed by atoms with van der Waals surface area (Å²) in [7, 11) is 0. The zero-order chi connectivity index (χ0) is 21.0. The van der Waals surface area contributed by atoms with Gasteiger partial charge in [0.25, 0.3) is 0 Å². The van der Waals surface area contributed by atoms with Crippen LogP contribution in [0.25, 0.3) is 0 Å². The lowest BCUT2D eigenvalue weighted by molar-refractivity contribution is 0.0594. The maximum absolute atomic E-state index is 6.33. The average Bonchev–Trinajstić information content (AvgIpc) is 3.13. The standard InChI is InChI=1S/C25H46ClN3.CH4.4H2O/c1-6-28-13-11-20(16-28)15-27-24(19(2)3)17-29-14-12-23(25(4,5)18-29)21-7-9-22(26)10-8-21;;;;;/h7,19-20,22-24,27H,6,8-18H2,1-5H3;1H4;4*1H2/t20-,22?,23?,24-;;;;;/m0...../s1. The topological polar surface area (TPSA) is 145 Å². The van der Waals surface area contributed by atoms with Crippen molar-refractivity contribution in [3.8, 4) is 0 Å². The molecule has 0 spiro atoms. The summed E-state index contributed by atoms with van der Waals surface area (Å²) in [6.45, 7) is 20.7. The van der Waals surface area contributed by atoms with Gasteiger partial charge in [0.15, 0.2) is 0 Å². The highest BCUT2D eigenvalue weighted by Gasteiger charge is 2.39. The van der Waals surface area contributed by atoms with E-state index in [1.807, 2.05) is 0 Å². The van der Waals surface area contributed by atoms with Crippen LogP contribution in [0.2, 0.25) is 0 Å². The number of likely N-dealkylation sites (tertiary alicyclic amines) is 2. The van der Waals surface area contributed by atoms with Crippen molar-refractivity contribution in [2.45, 2.75) is 85.6 Å². The van der Waals surface area contributed by atoms with Crippen molar-refractivity contribution in [2.24, 2.45) is 23.2 Å². The van der Waals surface area contributed by atoms with Crippen LogP contribution in [-0.2, 0) is 0 Å². The first kappa shape index (κ1) is 38.3. The molecule has 4 atom stereocenters. The molecule has 8 heteroatoms. The lowest BCUT2D eigenvalue weighted by Crippen LogP contribution is -2.52. The third-order valence-electron chi connectivity index (χ3n) is 7.88. The molecule has 0 amide bonds. The van der Waals surface area contributed by atoms with E-state index < -0.39 is 0 Å². The summed E-state index contributed by atoms with van der Waals surface area (Å²) in [6.07, 6.45) is 8.60. The van der Waals surface area contributed by atoms with Crippen LogP contribution >= 0.6 is 11.6 Å². The second-order valence-corrected chi connectivity index (χ2v) is 11.6. The number of hydrogen-bond donors (Lipinski definition) is 1. The van der Waals surface area contributed by atoms with Gasteiger partial charge in [0.2, 0.25) is 0 Å². The van der Waals surface area contributed by atoms with E-state index in [9.17, 15) is 0 Å². The van der Waals surface area contributed by atoms with Crippen molar-refractivity contribution in [3.63, 3.8) is 0 Å². The molecular weight excluding hydrogens is 454 g/mol. The van der Waals surface area contributed by atoms with Gasteiger partial charge in [-0.1, -0.05) is 53.7 Å². The Morgan fingerprint density at radius 3 is 2.21 bits per heavy atom. The molecule has 2 heterocycles. The largest absolute Gasteiger partial charge is 0.412 e. The van der Waals surface area contributed by atoms with E-state index in [0.717, 1.165) is 18.3 Å². The number of halogens is 1. The smallest absolute Gasteiger partial charge is 0.0373 e. The predicted molar refractivity (Wildman–Crippen MR) is 148 cm³/mol. The molecule has 7 nitrogen and oxygen atoms in total. The molecule has 0 aromatic heterocycles. The number of alkyl halides is 1. The van der Waals surface area contributed by atoms with Gasteiger partial charge in [-0.15, -0.1) is 11.6 Å². The summed E-state index contributed by atoms with van der Waals surface area (Å²) in [4.78, 5) is 5.34. The lowest BCUT2D eigenvalue weighted by Gasteiger charge is -2.47. The highest BCUT2D eigenvalue weighted by atomic mass is 35.5. The quantitative estimate of drug-likeness (QED) is 0.394. The fourth-order valence-corrected chi connectivity index (χ4v) is 6.12. The molecule has 2 fully saturated rings. The number of piperidine rings is 1. The molecular formula is C26H58ClN3O4. The third kappa shape index (κ3) is 10.4. The van der Waals surface area contributed by atoms with Crippen LogP contribution < -0.4 is 5.32 Å². The third-order valence-corrected chi connectivity index (χ3v) is 8.28. The van der Waals surface area contributed by atoms with Crippen LogP contribution in [-0.4, -0.2) is 88.9 Å². The van der Waals surface area contributed by atoms with E-state index in [-0.39, 0.29) is 29.3 Å². The molecule has 2 unspecified atom stereocenters. The Hall–Kier alpha value is -0.250. The van der Waals surface area contributed by atoms with Crippen molar-refractivity contribution in [3.05, 3.63) is 11.6 Å². The van der Waals surface area contributed by atoms with Gasteiger partial charge in [-0.2, -0.15) is 0 Å². The van der Waals surface area contributed by atoms with E-state index in [2.05, 4.69) is 55.8 Å². The summed E-state index contributed by atoms with van der Waals surface area (Å²) in [5, 5.41) is 4.33. The summed E-state index contributed by atoms with van der Waals surface area (Å²) in [6, 6.07) is 0.601. The minimum absolute atomic E-state index is 0. The highest BCUT2D eigenvalue weighted by molar-refractivity contribution is 6.20. The van der Waals surface area contributed by atoms with Crippen LogP contribution in [0.15, 0.2) is 11.6 Å². The van der Waals surface area contributed by atoms with E-state index in [1.54, 1.807) is 5.57 Å². The molecule has 34 heavy (non-hydrogen) atoms. The number of nitrogens with zero attached hydrogens (tertiary/aromatic N) is 2. The van der Waals surface area contributed by atoms with Crippen LogP contribution in [0.3, 0.4) is 0 Å². The van der Waals surface area contributed by atoms with E-state index in [4.69, 9.17) is 11.6 Å². The molecule has 3 rings (SSSR count). The molecule has 0 aromatic carbocycles. The minimum atomic E-state index is 0. The summed E-state index contributed by atoms with van der Waals surface area (Å²) < 4.78 is 0. The molecule has 0 radical (unpaired) electrons. The average molecular weight is 512 g/mol. The maximum Gasteiger partial charge on any atom is 0.0373 e. The predicted octanol–water partition coefficient (Wildman–Crippen LogP) is 2.35. The normalized spacial score (nSPS) is 27.7. The molecule has 0 bridgehead atoms. The summed E-state index contributed by atoms with van der Waals surface area (Å²) >= 11 is 6.33. The molecule has 2 aliphatic heterocycles. The second kappa shape index (κ2) is 17.2. The number of rotatable bonds is 8. The Balaban J connectivity index is -0.00000192. The van der Waals surface area contributed by atoms with Crippen molar-refractivity contribution in [1.82, 2.24) is 15.1 Å². The molecule has 208 valence electrons. The maximum atomic E-state index is 6.33. The van der Waals surface area contributed by atoms with E-state index >= 15 is 0 Å². The van der Waals surface area contributed by atoms with Crippen LogP contribution in [0.4, 0.5) is 0 Å². The van der Waals surface area contributed by atoms with E-state index in [0.29, 0.717) is 22.8 Å². The van der Waals surface area contributed by atoms with Gasteiger partial charge < -0.3 is 37.0 Å². The van der Waals surface area contributed by atoms with Gasteiger partial charge in [0.1, 0.15) is 0 Å². The van der Waals surface area contributed by atoms with Gasteiger partial charge in [-0.25, -0.2) is 0 Å². The van der Waals surface area contributed by atoms with Crippen molar-refractivity contribution < 1.29 is 21.9 Å². The van der Waals surface area contributed by atoms with Gasteiger partial charge in [-0.3, -0.25) is 0 Å². The Labute approximate surface area is 214 Å². The second-order valence-electron chi connectivity index (χ2n) is 11.0. The van der Waals surface area contributed by atoms with Crippen LogP contribution in [0, 0.1) is 23.2 Å². The number of allylic oxidation sites excluding steroid dienone is 2. The molecule has 3 aliphatic rings. The Kier molecular flexibility index (Phi) is 19.4. The van der Waals surface area contributed by atoms with Crippen molar-refractivity contribution >= 4 is 11.6 Å². The zero-order valence-electron chi connectivity index (χ0n) is 21.7. The molecule has 1 aliphatic carbocycles. The molecule has 0 aromatic rings. The number of nitrogens with one attached hydrogen (secondary N) is 1. The van der Waals surface area contributed by atoms with Gasteiger partial charge >= 0.3 is 0 Å². The Morgan fingerprint density at radius 2 is 1.71 bits per heavy atom. The monoisotopic (exact) mass is 511 g/mol. The van der Waals surface area contributed by atoms with Gasteiger partial charge in [-0.05, 0) is 81.5 Å². The first-order valence-electron chi connectivity index (χ1n) is 12.3. The van der Waals surface area contributed by atoms with Crippen LogP contribution in [0.5, 0.6) is 0 Å². The zero-order valence-corrected chi connectivity index (χ0v) is 22.5. The first-order valence-corrected chi connectivity index (χ1v) is 12.7. The van der Waals surface area contributed by atoms with Crippen LogP contribution in [0.1, 0.15) is 74.1 Å². The highest BCUT2D eigenvalue weighted by Crippen LogP contribution is 2.43. The lowest BCUT2D eigenvalue weighted by atomic mass is 9.68. The fourth-order valence-electron chi connectivity index (χ4n) is 5.92. The fraction of sp³-hybridized carbons (Fsp3) is 0.923. The molecule has 9 N–H and O–H groups in total. The van der Waals surface area contributed by atoms with Gasteiger partial charge in [0, 0.05) is 31.1 Å². The van der Waals surface area contributed by atoms with Crippen molar-refractivity contribution in [1.29, 1.82) is 0 Å². The van der Waals surface area contributed by atoms with Crippen molar-refractivity contribution in [2.75, 3.05) is 45.8 Å².